The van der Waals surface area contributed by atoms with Gasteiger partial charge in [0, 0.05) is 12.6 Å². The van der Waals surface area contributed by atoms with Crippen LogP contribution < -0.4 is 5.73 Å². The van der Waals surface area contributed by atoms with Crippen LogP contribution in [0, 0.1) is 13.8 Å². The van der Waals surface area contributed by atoms with Crippen molar-refractivity contribution in [3.8, 4) is 0 Å². The van der Waals surface area contributed by atoms with E-state index in [0.29, 0.717) is 0 Å². The molecule has 0 heterocycles. The van der Waals surface area contributed by atoms with Gasteiger partial charge in [0.2, 0.25) is 0 Å². The number of likely N-dealkylation sites (N-methyl/N-ethyl adjacent to an activating group) is 1. The molecule has 16 heavy (non-hydrogen) atoms. The smallest absolute Gasteiger partial charge is 0.0424 e. The van der Waals surface area contributed by atoms with Crippen LogP contribution in [-0.2, 0) is 0 Å². The van der Waals surface area contributed by atoms with Gasteiger partial charge in [0.25, 0.3) is 0 Å². The first-order chi connectivity index (χ1) is 7.54. The average molecular weight is 220 g/mol. The van der Waals surface area contributed by atoms with E-state index in [9.17, 15) is 0 Å². The molecule has 2 N–H and O–H groups in total. The van der Waals surface area contributed by atoms with Gasteiger partial charge in [-0.25, -0.2) is 0 Å². The molecule has 90 valence electrons. The fourth-order valence-electron chi connectivity index (χ4n) is 1.91. The lowest BCUT2D eigenvalue weighted by Gasteiger charge is -2.21. The minimum absolute atomic E-state index is 0.121. The van der Waals surface area contributed by atoms with Crippen molar-refractivity contribution in [2.75, 3.05) is 20.1 Å². The van der Waals surface area contributed by atoms with E-state index in [1.807, 2.05) is 0 Å². The summed E-state index contributed by atoms with van der Waals surface area (Å²) in [5, 5.41) is 0. The van der Waals surface area contributed by atoms with Crippen LogP contribution in [0.3, 0.4) is 0 Å². The summed E-state index contributed by atoms with van der Waals surface area (Å²) in [7, 11) is 2.13. The monoisotopic (exact) mass is 220 g/mol. The van der Waals surface area contributed by atoms with Gasteiger partial charge in [0.05, 0.1) is 0 Å². The molecule has 0 aliphatic heterocycles. The second kappa shape index (κ2) is 6.02. The lowest BCUT2D eigenvalue weighted by Crippen LogP contribution is -2.29. The quantitative estimate of drug-likeness (QED) is 0.826. The zero-order valence-corrected chi connectivity index (χ0v) is 11.0. The molecule has 1 atom stereocenters. The number of nitrogens with two attached hydrogens (primary N) is 1. The minimum Gasteiger partial charge on any atom is -0.323 e. The van der Waals surface area contributed by atoms with Gasteiger partial charge >= 0.3 is 0 Å². The molecule has 0 bridgehead atoms. The molecule has 2 nitrogen and oxygen atoms in total. The maximum absolute atomic E-state index is 6.20. The first-order valence-corrected chi connectivity index (χ1v) is 6.06. The summed E-state index contributed by atoms with van der Waals surface area (Å²) in [6.07, 6.45) is 1.18. The van der Waals surface area contributed by atoms with Gasteiger partial charge in [0.1, 0.15) is 0 Å². The van der Waals surface area contributed by atoms with Crippen molar-refractivity contribution < 1.29 is 0 Å². The number of benzene rings is 1. The molecule has 0 aliphatic rings. The molecule has 0 fully saturated rings. The van der Waals surface area contributed by atoms with Crippen LogP contribution in [-0.4, -0.2) is 25.0 Å². The van der Waals surface area contributed by atoms with E-state index in [1.54, 1.807) is 0 Å². The zero-order chi connectivity index (χ0) is 12.1. The van der Waals surface area contributed by atoms with Crippen LogP contribution in [0.4, 0.5) is 0 Å². The fraction of sp³-hybridized carbons (Fsp3) is 0.571. The molecule has 0 radical (unpaired) electrons. The molecule has 1 unspecified atom stereocenters. The van der Waals surface area contributed by atoms with Gasteiger partial charge in [-0.1, -0.05) is 25.1 Å². The zero-order valence-electron chi connectivity index (χ0n) is 11.0. The van der Waals surface area contributed by atoms with Crippen LogP contribution in [0.15, 0.2) is 18.2 Å². The molecule has 0 saturated carbocycles. The summed E-state index contributed by atoms with van der Waals surface area (Å²) in [6.45, 7) is 8.50. The molecule has 1 rings (SSSR count). The Kier molecular flexibility index (Phi) is 4.97. The van der Waals surface area contributed by atoms with Crippen LogP contribution in [0.1, 0.15) is 36.1 Å². The highest BCUT2D eigenvalue weighted by atomic mass is 15.1. The van der Waals surface area contributed by atoms with Crippen LogP contribution in [0.2, 0.25) is 0 Å². The molecule has 1 aromatic rings. The predicted molar refractivity (Wildman–Crippen MR) is 70.6 cm³/mol. The van der Waals surface area contributed by atoms with Crippen molar-refractivity contribution in [2.24, 2.45) is 5.73 Å². The Balaban J connectivity index is 2.65. The van der Waals surface area contributed by atoms with E-state index in [1.165, 1.54) is 23.1 Å². The average Bonchev–Trinajstić information content (AvgIpc) is 2.22. The Hall–Kier alpha value is -0.860. The Labute approximate surface area is 99.5 Å². The van der Waals surface area contributed by atoms with Crippen molar-refractivity contribution in [3.05, 3.63) is 34.9 Å². The van der Waals surface area contributed by atoms with Crippen molar-refractivity contribution >= 4 is 0 Å². The van der Waals surface area contributed by atoms with Crippen LogP contribution in [0.25, 0.3) is 0 Å². The third-order valence-corrected chi connectivity index (χ3v) is 3.07. The van der Waals surface area contributed by atoms with Gasteiger partial charge < -0.3 is 10.6 Å². The minimum atomic E-state index is 0.121. The third kappa shape index (κ3) is 3.62. The Morgan fingerprint density at radius 1 is 1.25 bits per heavy atom. The fourth-order valence-corrected chi connectivity index (χ4v) is 1.91. The summed E-state index contributed by atoms with van der Waals surface area (Å²) in [6, 6.07) is 6.63. The molecular weight excluding hydrogens is 196 g/mol. The summed E-state index contributed by atoms with van der Waals surface area (Å²) in [5.41, 5.74) is 10.1. The topological polar surface area (TPSA) is 29.3 Å². The Morgan fingerprint density at radius 3 is 2.50 bits per heavy atom. The molecule has 0 amide bonds. The van der Waals surface area contributed by atoms with Gasteiger partial charge in [-0.2, -0.15) is 0 Å². The first-order valence-electron chi connectivity index (χ1n) is 6.06. The predicted octanol–water partition coefficient (Wildman–Crippen LogP) is 2.65. The largest absolute Gasteiger partial charge is 0.323 e. The van der Waals surface area contributed by atoms with Crippen molar-refractivity contribution in [3.63, 3.8) is 0 Å². The number of nitrogens with zero attached hydrogens (tertiary/aromatic N) is 1. The number of rotatable bonds is 5. The highest BCUT2D eigenvalue weighted by Gasteiger charge is 2.09. The van der Waals surface area contributed by atoms with Gasteiger partial charge in [-0.3, -0.25) is 0 Å². The standard InChI is InChI=1S/C14H24N2/c1-5-8-16(4)10-14(15)13-7-6-11(2)12(3)9-13/h6-7,9,14H,5,8,10,15H2,1-4H3. The number of hydrogen-bond donors (Lipinski definition) is 1. The lowest BCUT2D eigenvalue weighted by molar-refractivity contribution is 0.313. The van der Waals surface area contributed by atoms with Crippen LogP contribution in [0.5, 0.6) is 0 Å². The van der Waals surface area contributed by atoms with Crippen molar-refractivity contribution in [2.45, 2.75) is 33.2 Å². The van der Waals surface area contributed by atoms with Gasteiger partial charge in [0.15, 0.2) is 0 Å². The third-order valence-electron chi connectivity index (χ3n) is 3.07. The Bertz CT molecular complexity index is 334. The number of aryl methyl sites for hydroxylation is 2. The Morgan fingerprint density at radius 2 is 1.94 bits per heavy atom. The van der Waals surface area contributed by atoms with E-state index in [2.05, 4.69) is 50.9 Å². The van der Waals surface area contributed by atoms with E-state index in [4.69, 9.17) is 5.73 Å². The van der Waals surface area contributed by atoms with E-state index < -0.39 is 0 Å². The van der Waals surface area contributed by atoms with E-state index >= 15 is 0 Å². The first kappa shape index (κ1) is 13.2. The van der Waals surface area contributed by atoms with E-state index in [-0.39, 0.29) is 6.04 Å². The summed E-state index contributed by atoms with van der Waals surface area (Å²) >= 11 is 0. The molecule has 1 aromatic carbocycles. The van der Waals surface area contributed by atoms with Gasteiger partial charge in [-0.05, 0) is 50.6 Å². The van der Waals surface area contributed by atoms with Crippen LogP contribution >= 0.6 is 0 Å². The molecule has 0 saturated heterocycles. The maximum atomic E-state index is 6.20. The molecule has 2 heteroatoms. The van der Waals surface area contributed by atoms with Crippen molar-refractivity contribution in [1.82, 2.24) is 4.90 Å². The maximum Gasteiger partial charge on any atom is 0.0424 e. The summed E-state index contributed by atoms with van der Waals surface area (Å²) in [5.74, 6) is 0. The normalized spacial score (nSPS) is 13.1. The molecular formula is C14H24N2. The van der Waals surface area contributed by atoms with Gasteiger partial charge in [-0.15, -0.1) is 0 Å². The van der Waals surface area contributed by atoms with Crippen molar-refractivity contribution in [1.29, 1.82) is 0 Å². The second-order valence-electron chi connectivity index (χ2n) is 4.71. The summed E-state index contributed by atoms with van der Waals surface area (Å²) in [4.78, 5) is 2.29. The second-order valence-corrected chi connectivity index (χ2v) is 4.71. The van der Waals surface area contributed by atoms with E-state index in [0.717, 1.165) is 13.1 Å². The highest BCUT2D eigenvalue weighted by Crippen LogP contribution is 2.16. The molecule has 0 aromatic heterocycles. The lowest BCUT2D eigenvalue weighted by atomic mass is 10.0. The summed E-state index contributed by atoms with van der Waals surface area (Å²) < 4.78 is 0. The molecule has 0 spiro atoms. The SMILES string of the molecule is CCCN(C)CC(N)c1ccc(C)c(C)c1. The molecule has 0 aliphatic carbocycles. The number of hydrogen-bond acceptors (Lipinski definition) is 2. The highest BCUT2D eigenvalue weighted by molar-refractivity contribution is 5.31.